The third-order valence-corrected chi connectivity index (χ3v) is 2.29. The smallest absolute Gasteiger partial charge is 0.133 e. The first kappa shape index (κ1) is 12.2. The molecule has 1 aromatic rings. The van der Waals surface area contributed by atoms with Crippen molar-refractivity contribution in [2.45, 2.75) is 39.8 Å². The highest BCUT2D eigenvalue weighted by atomic mass is 16.5. The Balaban J connectivity index is 2.06. The van der Waals surface area contributed by atoms with E-state index in [1.807, 2.05) is 13.0 Å². The molecule has 0 amide bonds. The van der Waals surface area contributed by atoms with Crippen LogP contribution in [-0.2, 0) is 6.54 Å². The number of rotatable bonds is 7. The van der Waals surface area contributed by atoms with Gasteiger partial charge in [-0.2, -0.15) is 0 Å². The Morgan fingerprint density at radius 1 is 1.53 bits per heavy atom. The third kappa shape index (κ3) is 4.95. The predicted molar refractivity (Wildman–Crippen MR) is 60.7 cm³/mol. The van der Waals surface area contributed by atoms with Gasteiger partial charge in [-0.15, -0.1) is 0 Å². The van der Waals surface area contributed by atoms with E-state index in [0.717, 1.165) is 37.5 Å². The van der Waals surface area contributed by atoms with Crippen LogP contribution < -0.4 is 10.6 Å². The van der Waals surface area contributed by atoms with Crippen molar-refractivity contribution in [2.75, 3.05) is 13.1 Å². The molecule has 2 N–H and O–H groups in total. The summed E-state index contributed by atoms with van der Waals surface area (Å²) < 4.78 is 4.98. The summed E-state index contributed by atoms with van der Waals surface area (Å²) in [7, 11) is 0. The highest BCUT2D eigenvalue weighted by molar-refractivity contribution is 5.02. The Hall–Kier alpha value is -0.870. The molecule has 1 rings (SSSR count). The van der Waals surface area contributed by atoms with E-state index >= 15 is 0 Å². The van der Waals surface area contributed by atoms with E-state index in [1.165, 1.54) is 0 Å². The monoisotopic (exact) mass is 211 g/mol. The number of nitrogens with zero attached hydrogens (tertiary/aromatic N) is 1. The Labute approximate surface area is 91.4 Å². The van der Waals surface area contributed by atoms with E-state index in [9.17, 15) is 0 Å². The first-order chi connectivity index (χ1) is 7.22. The molecule has 0 aliphatic heterocycles. The average Bonchev–Trinajstić information content (AvgIpc) is 2.60. The van der Waals surface area contributed by atoms with Crippen LogP contribution in [0.1, 0.15) is 31.7 Å². The standard InChI is InChI=1S/C11H21N3O/c1-4-13-9(2)5-6-12-8-11-7-10(3)15-14-11/h7,9,12-13H,4-6,8H2,1-3H3. The molecule has 1 aromatic heterocycles. The molecule has 4 heteroatoms. The normalized spacial score (nSPS) is 13.0. The molecule has 0 aromatic carbocycles. The minimum atomic E-state index is 0.571. The summed E-state index contributed by atoms with van der Waals surface area (Å²) in [6.45, 7) is 9.05. The van der Waals surface area contributed by atoms with Gasteiger partial charge in [-0.1, -0.05) is 12.1 Å². The van der Waals surface area contributed by atoms with E-state index in [1.54, 1.807) is 0 Å². The molecule has 1 heterocycles. The van der Waals surface area contributed by atoms with Gasteiger partial charge in [-0.25, -0.2) is 0 Å². The summed E-state index contributed by atoms with van der Waals surface area (Å²) in [5, 5.41) is 10.6. The van der Waals surface area contributed by atoms with Crippen molar-refractivity contribution in [1.29, 1.82) is 0 Å². The zero-order valence-corrected chi connectivity index (χ0v) is 9.84. The van der Waals surface area contributed by atoms with Crippen LogP contribution in [0.4, 0.5) is 0 Å². The van der Waals surface area contributed by atoms with Crippen molar-refractivity contribution < 1.29 is 4.52 Å². The van der Waals surface area contributed by atoms with Crippen molar-refractivity contribution in [2.24, 2.45) is 0 Å². The summed E-state index contributed by atoms with van der Waals surface area (Å²) in [5.41, 5.74) is 0.976. The molecular weight excluding hydrogens is 190 g/mol. The number of aromatic nitrogens is 1. The molecule has 1 atom stereocenters. The van der Waals surface area contributed by atoms with Crippen molar-refractivity contribution >= 4 is 0 Å². The topological polar surface area (TPSA) is 50.1 Å². The maximum atomic E-state index is 4.98. The summed E-state index contributed by atoms with van der Waals surface area (Å²) in [6.07, 6.45) is 1.13. The second kappa shape index (κ2) is 6.58. The molecule has 0 fully saturated rings. The summed E-state index contributed by atoms with van der Waals surface area (Å²) in [6, 6.07) is 2.53. The van der Waals surface area contributed by atoms with E-state index in [4.69, 9.17) is 4.52 Å². The number of nitrogens with one attached hydrogen (secondary N) is 2. The first-order valence-corrected chi connectivity index (χ1v) is 5.58. The minimum absolute atomic E-state index is 0.571. The summed E-state index contributed by atoms with van der Waals surface area (Å²) in [4.78, 5) is 0. The van der Waals surface area contributed by atoms with Crippen LogP contribution in [0, 0.1) is 6.92 Å². The Bertz CT molecular complexity index is 273. The highest BCUT2D eigenvalue weighted by Crippen LogP contribution is 2.00. The molecular formula is C11H21N3O. The Morgan fingerprint density at radius 3 is 2.93 bits per heavy atom. The summed E-state index contributed by atoms with van der Waals surface area (Å²) >= 11 is 0. The number of hydrogen-bond donors (Lipinski definition) is 2. The van der Waals surface area contributed by atoms with Crippen LogP contribution >= 0.6 is 0 Å². The lowest BCUT2D eigenvalue weighted by atomic mass is 10.2. The molecule has 0 saturated heterocycles. The lowest BCUT2D eigenvalue weighted by Gasteiger charge is -2.11. The van der Waals surface area contributed by atoms with Crippen LogP contribution in [0.5, 0.6) is 0 Å². The molecule has 0 bridgehead atoms. The molecule has 4 nitrogen and oxygen atoms in total. The first-order valence-electron chi connectivity index (χ1n) is 5.58. The fraction of sp³-hybridized carbons (Fsp3) is 0.727. The lowest BCUT2D eigenvalue weighted by molar-refractivity contribution is 0.387. The zero-order valence-electron chi connectivity index (χ0n) is 9.84. The van der Waals surface area contributed by atoms with Gasteiger partial charge in [0.05, 0.1) is 5.69 Å². The van der Waals surface area contributed by atoms with E-state index in [2.05, 4.69) is 29.6 Å². The quantitative estimate of drug-likeness (QED) is 0.670. The van der Waals surface area contributed by atoms with Crippen LogP contribution in [0.3, 0.4) is 0 Å². The minimum Gasteiger partial charge on any atom is -0.361 e. The van der Waals surface area contributed by atoms with Gasteiger partial charge in [0.25, 0.3) is 0 Å². The summed E-state index contributed by atoms with van der Waals surface area (Å²) in [5.74, 6) is 0.868. The van der Waals surface area contributed by atoms with Gasteiger partial charge in [0.15, 0.2) is 0 Å². The molecule has 0 radical (unpaired) electrons. The number of aryl methyl sites for hydroxylation is 1. The largest absolute Gasteiger partial charge is 0.361 e. The van der Waals surface area contributed by atoms with Crippen molar-refractivity contribution in [3.05, 3.63) is 17.5 Å². The Kier molecular flexibility index (Phi) is 5.36. The average molecular weight is 211 g/mol. The third-order valence-electron chi connectivity index (χ3n) is 2.29. The van der Waals surface area contributed by atoms with E-state index in [-0.39, 0.29) is 0 Å². The molecule has 0 spiro atoms. The van der Waals surface area contributed by atoms with Gasteiger partial charge in [-0.3, -0.25) is 0 Å². The maximum Gasteiger partial charge on any atom is 0.133 e. The van der Waals surface area contributed by atoms with E-state index < -0.39 is 0 Å². The van der Waals surface area contributed by atoms with E-state index in [0.29, 0.717) is 6.04 Å². The molecule has 86 valence electrons. The molecule has 0 aliphatic rings. The van der Waals surface area contributed by atoms with Crippen LogP contribution in [0.15, 0.2) is 10.6 Å². The van der Waals surface area contributed by atoms with Crippen LogP contribution in [0.25, 0.3) is 0 Å². The van der Waals surface area contributed by atoms with Gasteiger partial charge in [0.2, 0.25) is 0 Å². The van der Waals surface area contributed by atoms with Crippen molar-refractivity contribution in [3.63, 3.8) is 0 Å². The second-order valence-electron chi connectivity index (χ2n) is 3.85. The fourth-order valence-electron chi connectivity index (χ4n) is 1.49. The van der Waals surface area contributed by atoms with Gasteiger partial charge >= 0.3 is 0 Å². The van der Waals surface area contributed by atoms with Gasteiger partial charge < -0.3 is 15.2 Å². The second-order valence-corrected chi connectivity index (χ2v) is 3.85. The molecule has 1 unspecified atom stereocenters. The SMILES string of the molecule is CCNC(C)CCNCc1cc(C)on1. The van der Waals surface area contributed by atoms with Crippen molar-refractivity contribution in [1.82, 2.24) is 15.8 Å². The molecule has 0 saturated carbocycles. The van der Waals surface area contributed by atoms with Gasteiger partial charge in [-0.05, 0) is 33.4 Å². The maximum absolute atomic E-state index is 4.98. The Morgan fingerprint density at radius 2 is 2.33 bits per heavy atom. The molecule has 15 heavy (non-hydrogen) atoms. The predicted octanol–water partition coefficient (Wildman–Crippen LogP) is 1.46. The molecule has 0 aliphatic carbocycles. The van der Waals surface area contributed by atoms with Gasteiger partial charge in [0.1, 0.15) is 5.76 Å². The lowest BCUT2D eigenvalue weighted by Crippen LogP contribution is -2.29. The number of hydrogen-bond acceptors (Lipinski definition) is 4. The van der Waals surface area contributed by atoms with Crippen LogP contribution in [-0.4, -0.2) is 24.3 Å². The van der Waals surface area contributed by atoms with Gasteiger partial charge in [0, 0.05) is 18.7 Å². The van der Waals surface area contributed by atoms with Crippen LogP contribution in [0.2, 0.25) is 0 Å². The fourth-order valence-corrected chi connectivity index (χ4v) is 1.49. The van der Waals surface area contributed by atoms with Crippen molar-refractivity contribution in [3.8, 4) is 0 Å². The zero-order chi connectivity index (χ0) is 11.1. The highest BCUT2D eigenvalue weighted by Gasteiger charge is 2.01.